The molecular weight excluding hydrogens is 364 g/mol. The summed E-state index contributed by atoms with van der Waals surface area (Å²) in [6.07, 6.45) is 4.92. The molecule has 3 aromatic rings. The van der Waals surface area contributed by atoms with Crippen LogP contribution < -0.4 is 10.6 Å². The SMILES string of the molecule is CCC(F)(F)c1ccc(-c2cnc(N[C@@H]3CNC(=O)C3)c3nccnc23)cc1. The Bertz CT molecular complexity index is 1020. The number of alkyl halides is 2. The van der Waals surface area contributed by atoms with E-state index in [0.29, 0.717) is 35.4 Å². The van der Waals surface area contributed by atoms with Crippen LogP contribution in [0.1, 0.15) is 25.3 Å². The molecule has 8 heteroatoms. The van der Waals surface area contributed by atoms with Gasteiger partial charge in [0.25, 0.3) is 5.92 Å². The molecule has 0 spiro atoms. The third-order valence-electron chi connectivity index (χ3n) is 4.88. The summed E-state index contributed by atoms with van der Waals surface area (Å²) in [6, 6.07) is 6.10. The highest BCUT2D eigenvalue weighted by molar-refractivity contribution is 5.96. The molecule has 1 aromatic carbocycles. The average molecular weight is 383 g/mol. The molecule has 0 saturated carbocycles. The van der Waals surface area contributed by atoms with E-state index < -0.39 is 5.92 Å². The first-order chi connectivity index (χ1) is 13.5. The minimum absolute atomic E-state index is 0.00604. The zero-order valence-electron chi connectivity index (χ0n) is 15.2. The Balaban J connectivity index is 1.71. The fraction of sp³-hybridized carbons (Fsp3) is 0.300. The molecule has 144 valence electrons. The van der Waals surface area contributed by atoms with Gasteiger partial charge < -0.3 is 10.6 Å². The number of carbonyl (C=O) groups excluding carboxylic acids is 1. The van der Waals surface area contributed by atoms with Gasteiger partial charge in [-0.05, 0) is 5.56 Å². The van der Waals surface area contributed by atoms with E-state index in [1.807, 2.05) is 0 Å². The zero-order chi connectivity index (χ0) is 19.7. The summed E-state index contributed by atoms with van der Waals surface area (Å²) in [7, 11) is 0. The summed E-state index contributed by atoms with van der Waals surface area (Å²) in [5, 5.41) is 6.00. The second-order valence-electron chi connectivity index (χ2n) is 6.76. The zero-order valence-corrected chi connectivity index (χ0v) is 15.2. The number of benzene rings is 1. The molecule has 1 amide bonds. The van der Waals surface area contributed by atoms with E-state index in [2.05, 4.69) is 25.6 Å². The van der Waals surface area contributed by atoms with E-state index in [0.717, 1.165) is 5.56 Å². The van der Waals surface area contributed by atoms with Crippen LogP contribution in [0, 0.1) is 0 Å². The minimum atomic E-state index is -2.85. The van der Waals surface area contributed by atoms with Crippen LogP contribution in [0.25, 0.3) is 22.2 Å². The van der Waals surface area contributed by atoms with Gasteiger partial charge in [-0.3, -0.25) is 9.78 Å². The number of nitrogens with zero attached hydrogens (tertiary/aromatic N) is 3. The van der Waals surface area contributed by atoms with Crippen LogP contribution in [0.3, 0.4) is 0 Å². The van der Waals surface area contributed by atoms with Crippen molar-refractivity contribution in [2.24, 2.45) is 0 Å². The molecule has 1 aliphatic heterocycles. The highest BCUT2D eigenvalue weighted by Crippen LogP contribution is 2.34. The number of fused-ring (bicyclic) bond motifs is 1. The van der Waals surface area contributed by atoms with Crippen LogP contribution in [0.5, 0.6) is 0 Å². The van der Waals surface area contributed by atoms with Gasteiger partial charge >= 0.3 is 0 Å². The van der Waals surface area contributed by atoms with E-state index in [1.165, 1.54) is 19.1 Å². The fourth-order valence-electron chi connectivity index (χ4n) is 3.28. The lowest BCUT2D eigenvalue weighted by Crippen LogP contribution is -2.23. The van der Waals surface area contributed by atoms with Crippen molar-refractivity contribution in [2.45, 2.75) is 31.7 Å². The van der Waals surface area contributed by atoms with E-state index in [4.69, 9.17) is 0 Å². The van der Waals surface area contributed by atoms with Crippen molar-refractivity contribution in [1.82, 2.24) is 20.3 Å². The molecule has 1 saturated heterocycles. The van der Waals surface area contributed by atoms with Crippen LogP contribution in [-0.2, 0) is 10.7 Å². The van der Waals surface area contributed by atoms with Crippen LogP contribution in [0.15, 0.2) is 42.9 Å². The molecule has 0 unspecified atom stereocenters. The number of pyridine rings is 1. The van der Waals surface area contributed by atoms with Crippen molar-refractivity contribution in [3.63, 3.8) is 0 Å². The van der Waals surface area contributed by atoms with Crippen molar-refractivity contribution >= 4 is 22.8 Å². The first-order valence-corrected chi connectivity index (χ1v) is 9.09. The predicted molar refractivity (Wildman–Crippen MR) is 102 cm³/mol. The van der Waals surface area contributed by atoms with Crippen molar-refractivity contribution < 1.29 is 13.6 Å². The summed E-state index contributed by atoms with van der Waals surface area (Å²) >= 11 is 0. The Morgan fingerprint density at radius 2 is 1.86 bits per heavy atom. The maximum atomic E-state index is 13.9. The predicted octanol–water partition coefficient (Wildman–Crippen LogP) is 3.49. The third-order valence-corrected chi connectivity index (χ3v) is 4.88. The summed E-state index contributed by atoms with van der Waals surface area (Å²) in [4.78, 5) is 24.7. The van der Waals surface area contributed by atoms with Crippen LogP contribution in [-0.4, -0.2) is 33.4 Å². The topological polar surface area (TPSA) is 79.8 Å². The summed E-state index contributed by atoms with van der Waals surface area (Å²) in [5.41, 5.74) is 2.62. The number of rotatable bonds is 5. The van der Waals surface area contributed by atoms with Gasteiger partial charge in [0.15, 0.2) is 5.82 Å². The molecule has 1 fully saturated rings. The Morgan fingerprint density at radius 1 is 1.14 bits per heavy atom. The standard InChI is InChI=1S/C20H19F2N5O/c1-2-20(21,22)13-5-3-12(4-6-13)15-11-26-19(18-17(15)23-7-8-24-18)27-14-9-16(28)25-10-14/h3-8,11,14H,2,9-10H2,1H3,(H,25,28)(H,26,27)/t14-/m0/s1. The van der Waals surface area contributed by atoms with Gasteiger partial charge in [0.1, 0.15) is 11.0 Å². The second kappa shape index (κ2) is 7.10. The van der Waals surface area contributed by atoms with Crippen LogP contribution in [0.2, 0.25) is 0 Å². The van der Waals surface area contributed by atoms with E-state index >= 15 is 0 Å². The van der Waals surface area contributed by atoms with Gasteiger partial charge in [0.2, 0.25) is 5.91 Å². The van der Waals surface area contributed by atoms with Crippen LogP contribution in [0.4, 0.5) is 14.6 Å². The Kier molecular flexibility index (Phi) is 4.62. The smallest absolute Gasteiger partial charge is 0.273 e. The van der Waals surface area contributed by atoms with Crippen molar-refractivity contribution in [3.05, 3.63) is 48.4 Å². The van der Waals surface area contributed by atoms with Gasteiger partial charge in [-0.1, -0.05) is 31.2 Å². The minimum Gasteiger partial charge on any atom is -0.363 e. The van der Waals surface area contributed by atoms with Gasteiger partial charge in [0.05, 0.1) is 6.04 Å². The molecule has 0 radical (unpaired) electrons. The van der Waals surface area contributed by atoms with Crippen molar-refractivity contribution in [3.8, 4) is 11.1 Å². The second-order valence-corrected chi connectivity index (χ2v) is 6.76. The first-order valence-electron chi connectivity index (χ1n) is 9.09. The number of hydrogen-bond acceptors (Lipinski definition) is 5. The molecule has 0 aliphatic carbocycles. The summed E-state index contributed by atoms with van der Waals surface area (Å²) in [5.74, 6) is -2.31. The molecule has 2 aromatic heterocycles. The number of carbonyl (C=O) groups is 1. The molecule has 1 atom stereocenters. The van der Waals surface area contributed by atoms with Crippen LogP contribution >= 0.6 is 0 Å². The number of halogens is 2. The lowest BCUT2D eigenvalue weighted by Gasteiger charge is -2.16. The largest absolute Gasteiger partial charge is 0.363 e. The highest BCUT2D eigenvalue weighted by atomic mass is 19.3. The quantitative estimate of drug-likeness (QED) is 0.705. The molecule has 3 heterocycles. The van der Waals surface area contributed by atoms with Gasteiger partial charge in [-0.2, -0.15) is 0 Å². The van der Waals surface area contributed by atoms with Gasteiger partial charge in [0, 0.05) is 49.1 Å². The average Bonchev–Trinajstić information content (AvgIpc) is 3.13. The summed E-state index contributed by atoms with van der Waals surface area (Å²) in [6.45, 7) is 1.98. The monoisotopic (exact) mass is 383 g/mol. The van der Waals surface area contributed by atoms with E-state index in [1.54, 1.807) is 30.7 Å². The Labute approximate surface area is 160 Å². The number of nitrogens with one attached hydrogen (secondary N) is 2. The molecular formula is C20H19F2N5O. The Morgan fingerprint density at radius 3 is 2.50 bits per heavy atom. The maximum Gasteiger partial charge on any atom is 0.273 e. The normalized spacial score (nSPS) is 17.0. The number of hydrogen-bond donors (Lipinski definition) is 2. The van der Waals surface area contributed by atoms with E-state index in [-0.39, 0.29) is 23.9 Å². The van der Waals surface area contributed by atoms with Gasteiger partial charge in [-0.25, -0.2) is 18.7 Å². The van der Waals surface area contributed by atoms with E-state index in [9.17, 15) is 13.6 Å². The first kappa shape index (κ1) is 18.2. The van der Waals surface area contributed by atoms with Gasteiger partial charge in [-0.15, -0.1) is 0 Å². The lowest BCUT2D eigenvalue weighted by molar-refractivity contribution is -0.119. The third kappa shape index (κ3) is 3.37. The molecule has 28 heavy (non-hydrogen) atoms. The number of anilines is 1. The molecule has 0 bridgehead atoms. The van der Waals surface area contributed by atoms with Crippen molar-refractivity contribution in [2.75, 3.05) is 11.9 Å². The highest BCUT2D eigenvalue weighted by Gasteiger charge is 2.28. The fourth-order valence-corrected chi connectivity index (χ4v) is 3.28. The molecule has 6 nitrogen and oxygen atoms in total. The number of aromatic nitrogens is 3. The number of amides is 1. The molecule has 4 rings (SSSR count). The molecule has 2 N–H and O–H groups in total. The maximum absolute atomic E-state index is 13.9. The lowest BCUT2D eigenvalue weighted by atomic mass is 10.0. The Hall–Kier alpha value is -3.16. The summed E-state index contributed by atoms with van der Waals surface area (Å²) < 4.78 is 27.7. The van der Waals surface area contributed by atoms with Crippen molar-refractivity contribution in [1.29, 1.82) is 0 Å². The molecule has 1 aliphatic rings.